The summed E-state index contributed by atoms with van der Waals surface area (Å²) in [6.07, 6.45) is 1.73. The molecule has 0 saturated heterocycles. The number of rotatable bonds is 2. The molecule has 2 aromatic heterocycles. The predicted molar refractivity (Wildman–Crippen MR) is 54.1 cm³/mol. The van der Waals surface area contributed by atoms with Crippen LogP contribution in [0.2, 0.25) is 0 Å². The molecule has 14 heavy (non-hydrogen) atoms. The lowest BCUT2D eigenvalue weighted by Crippen LogP contribution is -2.15. The van der Waals surface area contributed by atoms with E-state index in [1.807, 2.05) is 13.1 Å². The molecule has 74 valence electrons. The Morgan fingerprint density at radius 2 is 2.43 bits per heavy atom. The van der Waals surface area contributed by atoms with E-state index in [2.05, 4.69) is 15.3 Å². The van der Waals surface area contributed by atoms with Crippen LogP contribution in [0.25, 0.3) is 11.0 Å². The molecule has 2 rings (SSSR count). The van der Waals surface area contributed by atoms with E-state index in [-0.39, 0.29) is 5.56 Å². The second kappa shape index (κ2) is 3.26. The number of pyridine rings is 1. The smallest absolute Gasteiger partial charge is 0.278 e. The molecule has 5 nitrogen and oxygen atoms in total. The zero-order valence-corrected chi connectivity index (χ0v) is 8.16. The van der Waals surface area contributed by atoms with Gasteiger partial charge in [0.1, 0.15) is 5.82 Å². The third-order valence-electron chi connectivity index (χ3n) is 2.11. The number of fused-ring (bicyclic) bond motifs is 1. The maximum atomic E-state index is 11.6. The minimum atomic E-state index is -0.0684. The van der Waals surface area contributed by atoms with E-state index in [1.165, 1.54) is 4.57 Å². The van der Waals surface area contributed by atoms with Crippen molar-refractivity contribution >= 4 is 11.0 Å². The summed E-state index contributed by atoms with van der Waals surface area (Å²) in [6.45, 7) is 0.637. The van der Waals surface area contributed by atoms with Crippen molar-refractivity contribution in [2.45, 2.75) is 6.54 Å². The lowest BCUT2D eigenvalue weighted by atomic mass is 10.4. The third-order valence-corrected chi connectivity index (χ3v) is 2.11. The molecule has 2 N–H and O–H groups in total. The van der Waals surface area contributed by atoms with E-state index >= 15 is 0 Å². The topological polar surface area (TPSA) is 62.7 Å². The molecule has 0 aliphatic heterocycles. The van der Waals surface area contributed by atoms with E-state index in [0.29, 0.717) is 12.1 Å². The van der Waals surface area contributed by atoms with Gasteiger partial charge in [-0.05, 0) is 13.1 Å². The highest BCUT2D eigenvalue weighted by Crippen LogP contribution is 2.05. The first kappa shape index (κ1) is 8.96. The molecule has 0 unspecified atom stereocenters. The monoisotopic (exact) mass is 192 g/mol. The van der Waals surface area contributed by atoms with Crippen LogP contribution in [0.1, 0.15) is 5.82 Å². The molecule has 0 atom stereocenters. The lowest BCUT2D eigenvalue weighted by molar-refractivity contribution is 0.774. The normalized spacial score (nSPS) is 11.0. The van der Waals surface area contributed by atoms with Crippen LogP contribution in [-0.4, -0.2) is 21.6 Å². The Morgan fingerprint density at radius 1 is 1.64 bits per heavy atom. The number of aromatic nitrogens is 3. The average Bonchev–Trinajstić information content (AvgIpc) is 2.56. The predicted octanol–water partition coefficient (Wildman–Crippen LogP) is -0.0190. The van der Waals surface area contributed by atoms with E-state index in [1.54, 1.807) is 13.2 Å². The Bertz CT molecular complexity index is 511. The van der Waals surface area contributed by atoms with Crippen LogP contribution < -0.4 is 10.9 Å². The van der Waals surface area contributed by atoms with Gasteiger partial charge >= 0.3 is 0 Å². The SMILES string of the molecule is CNCc1nc2c(=O)n(C)ccc2[nH]1. The van der Waals surface area contributed by atoms with Crippen molar-refractivity contribution < 1.29 is 0 Å². The molecule has 2 heterocycles. The molecule has 0 saturated carbocycles. The highest BCUT2D eigenvalue weighted by Gasteiger charge is 2.05. The summed E-state index contributed by atoms with van der Waals surface area (Å²) in [7, 11) is 3.56. The lowest BCUT2D eigenvalue weighted by Gasteiger charge is -1.93. The highest BCUT2D eigenvalue weighted by molar-refractivity contribution is 5.73. The van der Waals surface area contributed by atoms with Crippen LogP contribution in [0.15, 0.2) is 17.1 Å². The Morgan fingerprint density at radius 3 is 3.14 bits per heavy atom. The molecular formula is C9H12N4O. The summed E-state index contributed by atoms with van der Waals surface area (Å²) in [5.41, 5.74) is 1.22. The molecule has 2 aromatic rings. The van der Waals surface area contributed by atoms with Crippen LogP contribution in [0, 0.1) is 0 Å². The molecule has 5 heteroatoms. The summed E-state index contributed by atoms with van der Waals surface area (Å²) < 4.78 is 1.52. The van der Waals surface area contributed by atoms with Crippen molar-refractivity contribution in [3.63, 3.8) is 0 Å². The molecule has 0 aliphatic rings. The Kier molecular flexibility index (Phi) is 2.09. The van der Waals surface area contributed by atoms with Gasteiger partial charge in [-0.25, -0.2) is 4.98 Å². The molecule has 0 bridgehead atoms. The summed E-state index contributed by atoms with van der Waals surface area (Å²) in [5.74, 6) is 0.783. The number of nitrogens with zero attached hydrogens (tertiary/aromatic N) is 2. The van der Waals surface area contributed by atoms with Crippen molar-refractivity contribution in [2.24, 2.45) is 7.05 Å². The van der Waals surface area contributed by atoms with Gasteiger partial charge in [0.2, 0.25) is 0 Å². The summed E-state index contributed by atoms with van der Waals surface area (Å²) in [4.78, 5) is 18.9. The van der Waals surface area contributed by atoms with Gasteiger partial charge in [-0.3, -0.25) is 4.79 Å². The Hall–Kier alpha value is -1.62. The molecular weight excluding hydrogens is 180 g/mol. The molecule has 0 radical (unpaired) electrons. The molecule has 0 spiro atoms. The van der Waals surface area contributed by atoms with E-state index < -0.39 is 0 Å². The maximum Gasteiger partial charge on any atom is 0.278 e. The number of hydrogen-bond acceptors (Lipinski definition) is 3. The first-order chi connectivity index (χ1) is 6.72. The Balaban J connectivity index is 2.65. The van der Waals surface area contributed by atoms with Crippen LogP contribution in [0.5, 0.6) is 0 Å². The van der Waals surface area contributed by atoms with Crippen molar-refractivity contribution in [1.29, 1.82) is 0 Å². The Labute approximate surface area is 80.8 Å². The summed E-state index contributed by atoms with van der Waals surface area (Å²) in [6, 6.07) is 1.85. The second-order valence-corrected chi connectivity index (χ2v) is 3.21. The number of aromatic amines is 1. The third kappa shape index (κ3) is 1.31. The van der Waals surface area contributed by atoms with Crippen LogP contribution >= 0.6 is 0 Å². The fourth-order valence-corrected chi connectivity index (χ4v) is 1.39. The van der Waals surface area contributed by atoms with Gasteiger partial charge < -0.3 is 14.9 Å². The number of aryl methyl sites for hydroxylation is 1. The van der Waals surface area contributed by atoms with E-state index in [9.17, 15) is 4.79 Å². The highest BCUT2D eigenvalue weighted by atomic mass is 16.1. The second-order valence-electron chi connectivity index (χ2n) is 3.21. The van der Waals surface area contributed by atoms with Gasteiger partial charge in [-0.1, -0.05) is 0 Å². The van der Waals surface area contributed by atoms with Gasteiger partial charge in [-0.2, -0.15) is 0 Å². The fraction of sp³-hybridized carbons (Fsp3) is 0.333. The van der Waals surface area contributed by atoms with Crippen molar-refractivity contribution in [1.82, 2.24) is 19.9 Å². The number of nitrogens with one attached hydrogen (secondary N) is 2. The van der Waals surface area contributed by atoms with Gasteiger partial charge in [0.25, 0.3) is 5.56 Å². The average molecular weight is 192 g/mol. The van der Waals surface area contributed by atoms with E-state index in [0.717, 1.165) is 11.3 Å². The standard InChI is InChI=1S/C9H12N4O/c1-10-5-7-11-6-3-4-13(2)9(14)8(6)12-7/h3-4,10H,5H2,1-2H3,(H,11,12). The van der Waals surface area contributed by atoms with Crippen LogP contribution in [0.3, 0.4) is 0 Å². The maximum absolute atomic E-state index is 11.6. The quantitative estimate of drug-likeness (QED) is 0.703. The minimum Gasteiger partial charge on any atom is -0.341 e. The molecule has 0 fully saturated rings. The number of imidazole rings is 1. The zero-order chi connectivity index (χ0) is 10.1. The van der Waals surface area contributed by atoms with Crippen LogP contribution in [0.4, 0.5) is 0 Å². The molecule has 0 aromatic carbocycles. The first-order valence-electron chi connectivity index (χ1n) is 4.41. The minimum absolute atomic E-state index is 0.0684. The van der Waals surface area contributed by atoms with Crippen molar-refractivity contribution in [3.05, 3.63) is 28.4 Å². The summed E-state index contributed by atoms with van der Waals surface area (Å²) >= 11 is 0. The summed E-state index contributed by atoms with van der Waals surface area (Å²) in [5, 5.41) is 2.98. The van der Waals surface area contributed by atoms with Gasteiger partial charge in [-0.15, -0.1) is 0 Å². The molecule has 0 amide bonds. The largest absolute Gasteiger partial charge is 0.341 e. The van der Waals surface area contributed by atoms with Gasteiger partial charge in [0, 0.05) is 13.2 Å². The van der Waals surface area contributed by atoms with Crippen LogP contribution in [-0.2, 0) is 13.6 Å². The number of hydrogen-bond donors (Lipinski definition) is 2. The van der Waals surface area contributed by atoms with Gasteiger partial charge in [0.15, 0.2) is 5.52 Å². The number of H-pyrrole nitrogens is 1. The van der Waals surface area contributed by atoms with E-state index in [4.69, 9.17) is 0 Å². The zero-order valence-electron chi connectivity index (χ0n) is 8.16. The fourth-order valence-electron chi connectivity index (χ4n) is 1.39. The van der Waals surface area contributed by atoms with Crippen molar-refractivity contribution in [3.8, 4) is 0 Å². The van der Waals surface area contributed by atoms with Crippen molar-refractivity contribution in [2.75, 3.05) is 7.05 Å². The molecule has 0 aliphatic carbocycles. The first-order valence-corrected chi connectivity index (χ1v) is 4.41. The van der Waals surface area contributed by atoms with Gasteiger partial charge in [0.05, 0.1) is 12.1 Å².